The van der Waals surface area contributed by atoms with E-state index in [1.807, 2.05) is 30.3 Å². The highest BCUT2D eigenvalue weighted by atomic mass is 32.2. The third kappa shape index (κ3) is 7.36. The molecule has 0 bridgehead atoms. The molecule has 0 heterocycles. The van der Waals surface area contributed by atoms with E-state index in [9.17, 15) is 8.42 Å². The van der Waals surface area contributed by atoms with Crippen LogP contribution in [-0.4, -0.2) is 8.42 Å². The maximum atomic E-state index is 11.0. The molecule has 26 heavy (non-hydrogen) atoms. The molecule has 0 atom stereocenters. The number of benzene rings is 2. The van der Waals surface area contributed by atoms with Gasteiger partial charge in [-0.3, -0.25) is 0 Å². The van der Waals surface area contributed by atoms with Gasteiger partial charge in [-0.1, -0.05) is 95.0 Å². The van der Waals surface area contributed by atoms with Crippen molar-refractivity contribution in [3.05, 3.63) is 42.0 Å². The lowest BCUT2D eigenvalue weighted by Gasteiger charge is -2.09. The Morgan fingerprint density at radius 2 is 1.42 bits per heavy atom. The van der Waals surface area contributed by atoms with Gasteiger partial charge in [0.2, 0.25) is 0 Å². The van der Waals surface area contributed by atoms with E-state index in [2.05, 4.69) is 13.0 Å². The molecule has 0 fully saturated rings. The fourth-order valence-corrected chi connectivity index (χ4v) is 3.76. The molecule has 0 saturated carbocycles. The molecule has 0 saturated heterocycles. The van der Waals surface area contributed by atoms with Gasteiger partial charge >= 0.3 is 0 Å². The summed E-state index contributed by atoms with van der Waals surface area (Å²) in [5.41, 5.74) is 1.15. The lowest BCUT2D eigenvalue weighted by Crippen LogP contribution is -1.94. The van der Waals surface area contributed by atoms with E-state index in [1.54, 1.807) is 0 Å². The summed E-state index contributed by atoms with van der Waals surface area (Å²) < 4.78 is 27.0. The summed E-state index contributed by atoms with van der Waals surface area (Å²) in [5.74, 6) is 0.446. The third-order valence-electron chi connectivity index (χ3n) is 4.88. The van der Waals surface area contributed by atoms with Crippen LogP contribution < -0.4 is 4.18 Å². The van der Waals surface area contributed by atoms with Crippen molar-refractivity contribution in [2.45, 2.75) is 77.6 Å². The summed E-state index contributed by atoms with van der Waals surface area (Å²) in [6.45, 7) is 2.26. The fraction of sp³-hybridized carbons (Fsp3) is 0.545. The minimum absolute atomic E-state index is 0.446. The first-order valence-electron chi connectivity index (χ1n) is 10.0. The Bertz CT molecular complexity index is 729. The molecule has 0 spiro atoms. The maximum absolute atomic E-state index is 11.0. The molecular formula is C22H32O3S. The molecule has 144 valence electrons. The lowest BCUT2D eigenvalue weighted by atomic mass is 10.0. The Hall–Kier alpha value is -1.55. The Morgan fingerprint density at radius 3 is 2.08 bits per heavy atom. The Kier molecular flexibility index (Phi) is 9.54. The van der Waals surface area contributed by atoms with E-state index in [1.165, 1.54) is 57.8 Å². The molecule has 4 heteroatoms. The van der Waals surface area contributed by atoms with E-state index >= 15 is 0 Å². The van der Waals surface area contributed by atoms with Gasteiger partial charge in [-0.2, -0.15) is 8.42 Å². The molecule has 0 radical (unpaired) electrons. The van der Waals surface area contributed by atoms with Crippen molar-refractivity contribution >= 4 is 21.8 Å². The summed E-state index contributed by atoms with van der Waals surface area (Å²) in [7, 11) is -2.89. The molecule has 2 aromatic carbocycles. The van der Waals surface area contributed by atoms with Crippen LogP contribution in [0.25, 0.3) is 10.8 Å². The van der Waals surface area contributed by atoms with Crippen LogP contribution in [0.5, 0.6) is 5.75 Å². The smallest absolute Gasteiger partial charge is 0.299 e. The van der Waals surface area contributed by atoms with E-state index in [0.717, 1.165) is 29.2 Å². The predicted molar refractivity (Wildman–Crippen MR) is 110 cm³/mol. The van der Waals surface area contributed by atoms with Crippen LogP contribution in [-0.2, 0) is 17.4 Å². The molecule has 0 unspecified atom stereocenters. The van der Waals surface area contributed by atoms with E-state index < -0.39 is 11.0 Å². The van der Waals surface area contributed by atoms with E-state index in [0.29, 0.717) is 5.75 Å². The molecule has 3 nitrogen and oxygen atoms in total. The van der Waals surface area contributed by atoms with Gasteiger partial charge in [-0.25, -0.2) is 0 Å². The van der Waals surface area contributed by atoms with Gasteiger partial charge in [-0.15, -0.1) is 0 Å². The second-order valence-corrected chi connectivity index (χ2v) is 7.69. The number of unbranched alkanes of at least 4 members (excludes halogenated alkanes) is 9. The van der Waals surface area contributed by atoms with Crippen LogP contribution in [0.2, 0.25) is 0 Å². The second-order valence-electron chi connectivity index (χ2n) is 7.06. The number of rotatable bonds is 13. The molecule has 0 aliphatic heterocycles. The highest BCUT2D eigenvalue weighted by Gasteiger charge is 2.06. The van der Waals surface area contributed by atoms with Gasteiger partial charge in [0.25, 0.3) is 11.0 Å². The van der Waals surface area contributed by atoms with Gasteiger partial charge in [0.15, 0.2) is 0 Å². The summed E-state index contributed by atoms with van der Waals surface area (Å²) in [6, 6.07) is 11.8. The van der Waals surface area contributed by atoms with Gasteiger partial charge in [0.1, 0.15) is 5.75 Å². The minimum Gasteiger partial charge on any atom is -0.384 e. The first-order chi connectivity index (χ1) is 12.7. The normalized spacial score (nSPS) is 11.3. The maximum Gasteiger partial charge on any atom is 0.299 e. The average molecular weight is 377 g/mol. The van der Waals surface area contributed by atoms with E-state index in [-0.39, 0.29) is 0 Å². The molecule has 2 rings (SSSR count). The first-order valence-corrected chi connectivity index (χ1v) is 11.1. The van der Waals surface area contributed by atoms with Gasteiger partial charge in [0.05, 0.1) is 0 Å². The van der Waals surface area contributed by atoms with Crippen LogP contribution in [0.3, 0.4) is 0 Å². The molecule has 0 aliphatic carbocycles. The number of hydrogen-bond donors (Lipinski definition) is 1. The number of fused-ring (bicyclic) bond motifs is 1. The third-order valence-corrected chi connectivity index (χ3v) is 5.22. The summed E-state index contributed by atoms with van der Waals surface area (Å²) in [4.78, 5) is 0. The van der Waals surface area contributed by atoms with Crippen LogP contribution in [0, 0.1) is 0 Å². The van der Waals surface area contributed by atoms with Gasteiger partial charge in [-0.05, 0) is 29.9 Å². The monoisotopic (exact) mass is 376 g/mol. The Morgan fingerprint density at radius 1 is 0.808 bits per heavy atom. The van der Waals surface area contributed by atoms with E-state index in [4.69, 9.17) is 4.18 Å². The zero-order chi connectivity index (χ0) is 18.6. The largest absolute Gasteiger partial charge is 0.384 e. The SMILES string of the molecule is CCCCCCCCCCCCc1cc(O[SH](=O)=O)c2ccccc2c1. The van der Waals surface area contributed by atoms with Gasteiger partial charge in [0, 0.05) is 5.39 Å². The first kappa shape index (κ1) is 20.8. The van der Waals surface area contributed by atoms with Gasteiger partial charge < -0.3 is 4.18 Å². The van der Waals surface area contributed by atoms with Crippen LogP contribution >= 0.6 is 0 Å². The predicted octanol–water partition coefficient (Wildman–Crippen LogP) is 6.21. The molecule has 0 N–H and O–H groups in total. The highest BCUT2D eigenvalue weighted by molar-refractivity contribution is 7.67. The lowest BCUT2D eigenvalue weighted by molar-refractivity contribution is 0.513. The van der Waals surface area contributed by atoms with Crippen molar-refractivity contribution in [1.82, 2.24) is 0 Å². The highest BCUT2D eigenvalue weighted by Crippen LogP contribution is 2.28. The van der Waals surface area contributed by atoms with Crippen molar-refractivity contribution in [2.24, 2.45) is 0 Å². The summed E-state index contributed by atoms with van der Waals surface area (Å²) in [5, 5.41) is 1.88. The number of aryl methyl sites for hydroxylation is 1. The molecule has 2 aromatic rings. The zero-order valence-corrected chi connectivity index (χ0v) is 16.8. The van der Waals surface area contributed by atoms with Crippen LogP contribution in [0.1, 0.15) is 76.7 Å². The number of thiol groups is 1. The number of hydrogen-bond acceptors (Lipinski definition) is 3. The van der Waals surface area contributed by atoms with Crippen molar-refractivity contribution in [1.29, 1.82) is 0 Å². The van der Waals surface area contributed by atoms with Crippen molar-refractivity contribution in [2.75, 3.05) is 0 Å². The Balaban J connectivity index is 1.76. The molecule has 0 aliphatic rings. The quantitative estimate of drug-likeness (QED) is 0.334. The molecular weight excluding hydrogens is 344 g/mol. The average Bonchev–Trinajstić information content (AvgIpc) is 2.63. The zero-order valence-electron chi connectivity index (χ0n) is 15.9. The minimum atomic E-state index is -2.89. The Labute approximate surface area is 159 Å². The summed E-state index contributed by atoms with van der Waals surface area (Å²) >= 11 is 0. The molecule has 0 amide bonds. The van der Waals surface area contributed by atoms with Crippen molar-refractivity contribution in [3.63, 3.8) is 0 Å². The van der Waals surface area contributed by atoms with Crippen LogP contribution in [0.15, 0.2) is 36.4 Å². The van der Waals surface area contributed by atoms with Crippen molar-refractivity contribution < 1.29 is 12.6 Å². The molecule has 0 aromatic heterocycles. The van der Waals surface area contributed by atoms with Crippen LogP contribution in [0.4, 0.5) is 0 Å². The van der Waals surface area contributed by atoms with Crippen molar-refractivity contribution in [3.8, 4) is 5.75 Å². The second kappa shape index (κ2) is 11.9. The fourth-order valence-electron chi connectivity index (χ4n) is 3.45. The summed E-state index contributed by atoms with van der Waals surface area (Å²) in [6.07, 6.45) is 14.1. The standard InChI is InChI=1S/C22H32O3S/c1-2-3-4-5-6-7-8-9-10-11-14-19-17-20-15-12-13-16-21(20)22(18-19)25-26(23)24/h12-13,15-18,26H,2-11,14H2,1H3. The topological polar surface area (TPSA) is 43.4 Å².